The number of carbonyl (C=O) groups is 2. The Morgan fingerprint density at radius 3 is 1.70 bits per heavy atom. The number of carbonyl (C=O) groups excluding carboxylic acids is 2. The third-order valence-electron chi connectivity index (χ3n) is 4.60. The Hall–Kier alpha value is -2.62. The van der Waals surface area contributed by atoms with Gasteiger partial charge in [-0.3, -0.25) is 9.59 Å². The maximum Gasteiger partial charge on any atom is 0.162 e. The zero-order chi connectivity index (χ0) is 15.8. The Kier molecular flexibility index (Phi) is 3.37. The first kappa shape index (κ1) is 14.0. The fourth-order valence-electron chi connectivity index (χ4n) is 3.52. The average Bonchev–Trinajstić information content (AvgIpc) is 3.22. The molecule has 2 aliphatic carbocycles. The van der Waals surface area contributed by atoms with E-state index in [1.165, 1.54) is 0 Å². The number of furan rings is 2. The van der Waals surface area contributed by atoms with Crippen LogP contribution in [0.25, 0.3) is 12.2 Å². The Labute approximate surface area is 133 Å². The zero-order valence-corrected chi connectivity index (χ0v) is 12.5. The lowest BCUT2D eigenvalue weighted by Gasteiger charge is -2.34. The monoisotopic (exact) mass is 308 g/mol. The van der Waals surface area contributed by atoms with Crippen LogP contribution in [0, 0.1) is 11.8 Å². The van der Waals surface area contributed by atoms with Gasteiger partial charge >= 0.3 is 0 Å². The highest BCUT2D eigenvalue weighted by Crippen LogP contribution is 2.41. The van der Waals surface area contributed by atoms with Crippen LogP contribution in [0.5, 0.6) is 0 Å². The first-order valence-corrected chi connectivity index (χ1v) is 7.77. The maximum atomic E-state index is 12.6. The summed E-state index contributed by atoms with van der Waals surface area (Å²) in [7, 11) is 0. The molecule has 0 N–H and O–H groups in total. The van der Waals surface area contributed by atoms with E-state index in [2.05, 4.69) is 0 Å². The van der Waals surface area contributed by atoms with Gasteiger partial charge in [0.15, 0.2) is 11.6 Å². The van der Waals surface area contributed by atoms with Gasteiger partial charge in [0.05, 0.1) is 12.5 Å². The standard InChI is InChI=1S/C19H16O4/c20-18-13-7-12(8-14(18)10-16-3-1-5-22-16)19(21)15(9-13)11-17-4-2-6-23-17/h1-6,10-13H,7-9H2/b14-10-,15-11?. The highest BCUT2D eigenvalue weighted by molar-refractivity contribution is 6.09. The van der Waals surface area contributed by atoms with Crippen molar-refractivity contribution >= 4 is 23.7 Å². The van der Waals surface area contributed by atoms with E-state index in [1.807, 2.05) is 12.1 Å². The molecule has 0 radical (unpaired) electrons. The molecule has 0 amide bonds. The minimum Gasteiger partial charge on any atom is -0.465 e. The molecule has 0 aliphatic heterocycles. The summed E-state index contributed by atoms with van der Waals surface area (Å²) in [5.41, 5.74) is 1.40. The highest BCUT2D eigenvalue weighted by Gasteiger charge is 2.41. The van der Waals surface area contributed by atoms with Gasteiger partial charge in [-0.1, -0.05) is 0 Å². The van der Waals surface area contributed by atoms with Crippen molar-refractivity contribution in [2.24, 2.45) is 11.8 Å². The largest absolute Gasteiger partial charge is 0.465 e. The lowest BCUT2D eigenvalue weighted by Crippen LogP contribution is -2.37. The van der Waals surface area contributed by atoms with Gasteiger partial charge in [-0.2, -0.15) is 0 Å². The van der Waals surface area contributed by atoms with Gasteiger partial charge < -0.3 is 8.83 Å². The summed E-state index contributed by atoms with van der Waals surface area (Å²) in [4.78, 5) is 25.3. The summed E-state index contributed by atoms with van der Waals surface area (Å²) >= 11 is 0. The molecular weight excluding hydrogens is 292 g/mol. The van der Waals surface area contributed by atoms with Crippen LogP contribution >= 0.6 is 0 Å². The van der Waals surface area contributed by atoms with E-state index in [-0.39, 0.29) is 23.4 Å². The predicted molar refractivity (Wildman–Crippen MR) is 84.2 cm³/mol. The molecule has 4 heteroatoms. The molecule has 2 atom stereocenters. The first-order valence-electron chi connectivity index (χ1n) is 7.77. The van der Waals surface area contributed by atoms with Crippen LogP contribution in [0.1, 0.15) is 30.8 Å². The highest BCUT2D eigenvalue weighted by atomic mass is 16.3. The summed E-state index contributed by atoms with van der Waals surface area (Å²) in [6.45, 7) is 0. The Morgan fingerprint density at radius 1 is 0.826 bits per heavy atom. The number of rotatable bonds is 2. The van der Waals surface area contributed by atoms with Crippen molar-refractivity contribution in [2.75, 3.05) is 0 Å². The van der Waals surface area contributed by atoms with Crippen LogP contribution in [0.15, 0.2) is 56.8 Å². The molecule has 4 rings (SSSR count). The van der Waals surface area contributed by atoms with Gasteiger partial charge in [-0.25, -0.2) is 0 Å². The van der Waals surface area contributed by atoms with E-state index in [1.54, 1.807) is 36.8 Å². The van der Waals surface area contributed by atoms with Crippen molar-refractivity contribution in [3.05, 3.63) is 59.5 Å². The second kappa shape index (κ2) is 5.54. The van der Waals surface area contributed by atoms with Gasteiger partial charge in [-0.15, -0.1) is 0 Å². The second-order valence-corrected chi connectivity index (χ2v) is 6.14. The number of allylic oxidation sites excluding steroid dienone is 2. The molecule has 2 heterocycles. The second-order valence-electron chi connectivity index (χ2n) is 6.14. The Morgan fingerprint density at radius 2 is 1.30 bits per heavy atom. The number of ketones is 2. The summed E-state index contributed by atoms with van der Waals surface area (Å²) < 4.78 is 10.6. The van der Waals surface area contributed by atoms with E-state index >= 15 is 0 Å². The minimum absolute atomic E-state index is 0.117. The van der Waals surface area contributed by atoms with Gasteiger partial charge in [0.2, 0.25) is 0 Å². The molecule has 0 spiro atoms. The molecule has 2 bridgehead atoms. The number of fused-ring (bicyclic) bond motifs is 2. The fourth-order valence-corrected chi connectivity index (χ4v) is 3.52. The molecule has 2 aromatic heterocycles. The lowest BCUT2D eigenvalue weighted by atomic mass is 9.67. The third-order valence-corrected chi connectivity index (χ3v) is 4.60. The van der Waals surface area contributed by atoms with E-state index in [9.17, 15) is 9.59 Å². The molecule has 2 unspecified atom stereocenters. The number of hydrogen-bond donors (Lipinski definition) is 0. The first-order chi connectivity index (χ1) is 11.2. The van der Waals surface area contributed by atoms with E-state index in [4.69, 9.17) is 8.83 Å². The SMILES string of the molecule is O=C1C(=Cc2ccco2)CC2CC1C/C(=C/c1ccco1)C2=O. The van der Waals surface area contributed by atoms with Crippen LogP contribution in [0.3, 0.4) is 0 Å². The summed E-state index contributed by atoms with van der Waals surface area (Å²) in [5.74, 6) is 1.35. The van der Waals surface area contributed by atoms with E-state index < -0.39 is 0 Å². The predicted octanol–water partition coefficient (Wildman–Crippen LogP) is 3.91. The van der Waals surface area contributed by atoms with Crippen molar-refractivity contribution < 1.29 is 18.4 Å². The molecule has 2 aliphatic rings. The van der Waals surface area contributed by atoms with Crippen molar-refractivity contribution in [1.82, 2.24) is 0 Å². The minimum atomic E-state index is -0.117. The normalized spacial score (nSPS) is 27.8. The van der Waals surface area contributed by atoms with Crippen molar-refractivity contribution in [3.63, 3.8) is 0 Å². The van der Waals surface area contributed by atoms with Gasteiger partial charge in [0.25, 0.3) is 0 Å². The topological polar surface area (TPSA) is 60.4 Å². The van der Waals surface area contributed by atoms with Gasteiger partial charge in [0, 0.05) is 11.8 Å². The number of Topliss-reactive ketones (excluding diaryl/α,β-unsaturated/α-hetero) is 2. The van der Waals surface area contributed by atoms with Crippen molar-refractivity contribution in [2.45, 2.75) is 19.3 Å². The average molecular weight is 308 g/mol. The van der Waals surface area contributed by atoms with Crippen LogP contribution in [0.2, 0.25) is 0 Å². The molecule has 0 aromatic carbocycles. The summed E-state index contributed by atoms with van der Waals surface area (Å²) in [6, 6.07) is 7.20. The fraction of sp³-hybridized carbons (Fsp3) is 0.263. The number of hydrogen-bond acceptors (Lipinski definition) is 4. The Balaban J connectivity index is 1.63. The summed E-state index contributed by atoms with van der Waals surface area (Å²) in [6.07, 6.45) is 8.34. The zero-order valence-electron chi connectivity index (χ0n) is 12.5. The summed E-state index contributed by atoms with van der Waals surface area (Å²) in [5, 5.41) is 0. The quantitative estimate of drug-likeness (QED) is 0.789. The molecule has 2 fully saturated rings. The maximum absolute atomic E-state index is 12.6. The van der Waals surface area contributed by atoms with Crippen LogP contribution in [-0.4, -0.2) is 11.6 Å². The molecule has 0 saturated heterocycles. The van der Waals surface area contributed by atoms with E-state index in [0.717, 1.165) is 0 Å². The van der Waals surface area contributed by atoms with E-state index in [0.29, 0.717) is 41.9 Å². The molecular formula is C19H16O4. The van der Waals surface area contributed by atoms with Crippen LogP contribution in [-0.2, 0) is 9.59 Å². The van der Waals surface area contributed by atoms with Crippen molar-refractivity contribution in [1.29, 1.82) is 0 Å². The molecule has 23 heavy (non-hydrogen) atoms. The molecule has 116 valence electrons. The van der Waals surface area contributed by atoms with Crippen LogP contribution in [0.4, 0.5) is 0 Å². The van der Waals surface area contributed by atoms with Crippen LogP contribution < -0.4 is 0 Å². The molecule has 4 nitrogen and oxygen atoms in total. The molecule has 2 saturated carbocycles. The molecule has 2 aromatic rings. The van der Waals surface area contributed by atoms with Crippen molar-refractivity contribution in [3.8, 4) is 0 Å². The lowest BCUT2D eigenvalue weighted by molar-refractivity contribution is -0.127. The smallest absolute Gasteiger partial charge is 0.162 e. The third kappa shape index (κ3) is 2.61. The van der Waals surface area contributed by atoms with Gasteiger partial charge in [-0.05, 0) is 66.8 Å². The van der Waals surface area contributed by atoms with Gasteiger partial charge in [0.1, 0.15) is 11.5 Å². The Bertz CT molecular complexity index is 722.